The molecule has 2 aromatic rings. The number of methoxy groups -OCH3 is 1. The first-order chi connectivity index (χ1) is 17.6. The van der Waals surface area contributed by atoms with E-state index in [1.54, 1.807) is 13.8 Å². The molecule has 0 aliphatic heterocycles. The molecule has 1 unspecified atom stereocenters. The van der Waals surface area contributed by atoms with Crippen LogP contribution < -0.4 is 27.0 Å². The molecule has 1 aromatic carbocycles. The fourth-order valence-electron chi connectivity index (χ4n) is 3.40. The van der Waals surface area contributed by atoms with Gasteiger partial charge in [-0.05, 0) is 36.6 Å². The predicted octanol–water partition coefficient (Wildman–Crippen LogP) is 1.04. The van der Waals surface area contributed by atoms with Gasteiger partial charge in [-0.25, -0.2) is 9.18 Å². The Morgan fingerprint density at radius 1 is 1.03 bits per heavy atom. The molecule has 0 aliphatic carbocycles. The molecule has 1 atom stereocenters. The summed E-state index contributed by atoms with van der Waals surface area (Å²) in [5, 5.41) is 10.4. The largest absolute Gasteiger partial charge is 0.465 e. The smallest absolute Gasteiger partial charge is 0.341 e. The zero-order chi connectivity index (χ0) is 27.5. The molecule has 1 aromatic heterocycles. The minimum Gasteiger partial charge on any atom is -0.465 e. The van der Waals surface area contributed by atoms with E-state index in [9.17, 15) is 28.4 Å². The van der Waals surface area contributed by atoms with Crippen molar-refractivity contribution in [2.75, 3.05) is 38.6 Å². The molecule has 6 N–H and O–H groups in total. The first-order valence-electron chi connectivity index (χ1n) is 11.4. The number of benzene rings is 1. The van der Waals surface area contributed by atoms with Gasteiger partial charge in [0.15, 0.2) is 0 Å². The van der Waals surface area contributed by atoms with E-state index in [1.165, 1.54) is 31.4 Å². The van der Waals surface area contributed by atoms with E-state index in [0.29, 0.717) is 17.5 Å². The van der Waals surface area contributed by atoms with Crippen LogP contribution in [0.2, 0.25) is 0 Å². The molecule has 0 radical (unpaired) electrons. The number of anilines is 1. The number of nitrogens with two attached hydrogens (primary N) is 1. The standard InChI is InChI=1S/C24H30FN5O6S/c1-4-16(14-5-7-15(25)8-6-14)21(33)30-23-19(24(35)36-3)13(2)20(37-23)22(34)28-10-9-27-18(32)12-29-17(31)11-26/h5-8,16H,4,9-12,26H2,1-3H3,(H,27,32)(H,28,34)(H,29,31)(H,30,33). The average Bonchev–Trinajstić information content (AvgIpc) is 3.21. The van der Waals surface area contributed by atoms with Crippen LogP contribution in [0.15, 0.2) is 24.3 Å². The lowest BCUT2D eigenvalue weighted by Crippen LogP contribution is -2.41. The van der Waals surface area contributed by atoms with Crippen molar-refractivity contribution in [2.45, 2.75) is 26.2 Å². The number of carbonyl (C=O) groups excluding carboxylic acids is 5. The summed E-state index contributed by atoms with van der Waals surface area (Å²) < 4.78 is 18.2. The molecule has 37 heavy (non-hydrogen) atoms. The third-order valence-corrected chi connectivity index (χ3v) is 6.55. The van der Waals surface area contributed by atoms with Gasteiger partial charge in [-0.2, -0.15) is 0 Å². The number of nitrogens with one attached hydrogen (secondary N) is 4. The van der Waals surface area contributed by atoms with Crippen molar-refractivity contribution in [3.63, 3.8) is 0 Å². The number of hydrogen-bond donors (Lipinski definition) is 5. The van der Waals surface area contributed by atoms with Crippen LogP contribution in [0, 0.1) is 12.7 Å². The predicted molar refractivity (Wildman–Crippen MR) is 136 cm³/mol. The van der Waals surface area contributed by atoms with Gasteiger partial charge < -0.3 is 31.7 Å². The second-order valence-corrected chi connectivity index (χ2v) is 8.86. The van der Waals surface area contributed by atoms with Crippen molar-refractivity contribution in [3.05, 3.63) is 51.7 Å². The topological polar surface area (TPSA) is 169 Å². The highest BCUT2D eigenvalue weighted by atomic mass is 32.1. The summed E-state index contributed by atoms with van der Waals surface area (Å²) in [5.41, 5.74) is 6.14. The van der Waals surface area contributed by atoms with Gasteiger partial charge in [-0.3, -0.25) is 19.2 Å². The number of ether oxygens (including phenoxy) is 1. The van der Waals surface area contributed by atoms with Gasteiger partial charge in [0.05, 0.1) is 36.6 Å². The van der Waals surface area contributed by atoms with Crippen molar-refractivity contribution in [3.8, 4) is 0 Å². The van der Waals surface area contributed by atoms with Crippen LogP contribution in [0.25, 0.3) is 0 Å². The maximum absolute atomic E-state index is 13.3. The normalized spacial score (nSPS) is 11.3. The van der Waals surface area contributed by atoms with Crippen molar-refractivity contribution in [1.82, 2.24) is 16.0 Å². The number of hydrogen-bond acceptors (Lipinski definition) is 8. The summed E-state index contributed by atoms with van der Waals surface area (Å²) >= 11 is 0.918. The Labute approximate surface area is 217 Å². The first-order valence-corrected chi connectivity index (χ1v) is 12.2. The average molecular weight is 536 g/mol. The number of amides is 4. The zero-order valence-corrected chi connectivity index (χ0v) is 21.6. The molecule has 0 bridgehead atoms. The van der Waals surface area contributed by atoms with E-state index < -0.39 is 41.3 Å². The summed E-state index contributed by atoms with van der Waals surface area (Å²) in [6, 6.07) is 5.57. The summed E-state index contributed by atoms with van der Waals surface area (Å²) in [7, 11) is 1.19. The molecule has 0 spiro atoms. The third-order valence-electron chi connectivity index (χ3n) is 5.34. The van der Waals surface area contributed by atoms with Gasteiger partial charge in [0, 0.05) is 13.1 Å². The minimum absolute atomic E-state index is 0.0592. The summed E-state index contributed by atoms with van der Waals surface area (Å²) in [6.45, 7) is 3.06. The van der Waals surface area contributed by atoms with Crippen LogP contribution in [-0.4, -0.2) is 62.9 Å². The van der Waals surface area contributed by atoms with Crippen LogP contribution in [-0.2, 0) is 19.1 Å². The number of esters is 1. The molecule has 4 amide bonds. The lowest BCUT2D eigenvalue weighted by Gasteiger charge is -2.15. The highest BCUT2D eigenvalue weighted by Crippen LogP contribution is 2.35. The lowest BCUT2D eigenvalue weighted by molar-refractivity contribution is -0.125. The lowest BCUT2D eigenvalue weighted by atomic mass is 9.95. The molecular weight excluding hydrogens is 505 g/mol. The van der Waals surface area contributed by atoms with Crippen molar-refractivity contribution in [2.24, 2.45) is 5.73 Å². The van der Waals surface area contributed by atoms with Crippen LogP contribution in [0.3, 0.4) is 0 Å². The monoisotopic (exact) mass is 535 g/mol. The number of rotatable bonds is 12. The van der Waals surface area contributed by atoms with Gasteiger partial charge in [0.1, 0.15) is 10.8 Å². The minimum atomic E-state index is -0.718. The number of thiophene rings is 1. The molecule has 13 heteroatoms. The zero-order valence-electron chi connectivity index (χ0n) is 20.7. The van der Waals surface area contributed by atoms with Crippen molar-refractivity contribution >= 4 is 45.9 Å². The molecule has 0 aliphatic rings. The number of carbonyl (C=O) groups is 5. The van der Waals surface area contributed by atoms with Gasteiger partial charge in [-0.1, -0.05) is 19.1 Å². The summed E-state index contributed by atoms with van der Waals surface area (Å²) in [5.74, 6) is -3.60. The Kier molecular flexibility index (Phi) is 11.2. The number of halogens is 1. The van der Waals surface area contributed by atoms with Crippen LogP contribution in [0.5, 0.6) is 0 Å². The van der Waals surface area contributed by atoms with E-state index in [2.05, 4.69) is 21.3 Å². The van der Waals surface area contributed by atoms with E-state index in [0.717, 1.165) is 11.3 Å². The molecular formula is C24H30FN5O6S. The Morgan fingerprint density at radius 2 is 1.68 bits per heavy atom. The Morgan fingerprint density at radius 3 is 2.27 bits per heavy atom. The molecule has 200 valence electrons. The summed E-state index contributed by atoms with van der Waals surface area (Å²) in [6.07, 6.45) is 0.421. The van der Waals surface area contributed by atoms with E-state index in [-0.39, 0.29) is 41.6 Å². The van der Waals surface area contributed by atoms with Crippen molar-refractivity contribution in [1.29, 1.82) is 0 Å². The molecule has 1 heterocycles. The van der Waals surface area contributed by atoms with Crippen molar-refractivity contribution < 1.29 is 33.1 Å². The highest BCUT2D eigenvalue weighted by Gasteiger charge is 2.28. The second kappa shape index (κ2) is 14.0. The van der Waals surface area contributed by atoms with Crippen LogP contribution in [0.1, 0.15) is 50.4 Å². The van der Waals surface area contributed by atoms with E-state index in [4.69, 9.17) is 10.5 Å². The Hall–Kier alpha value is -3.84. The quantitative estimate of drug-likeness (QED) is 0.200. The highest BCUT2D eigenvalue weighted by molar-refractivity contribution is 7.18. The molecule has 0 fully saturated rings. The van der Waals surface area contributed by atoms with E-state index >= 15 is 0 Å². The third kappa shape index (κ3) is 8.08. The summed E-state index contributed by atoms with van der Waals surface area (Å²) in [4.78, 5) is 61.3. The molecule has 0 saturated carbocycles. The first kappa shape index (κ1) is 29.4. The fraction of sp³-hybridized carbons (Fsp3) is 0.375. The molecule has 11 nitrogen and oxygen atoms in total. The Balaban J connectivity index is 2.10. The maximum atomic E-state index is 13.3. The maximum Gasteiger partial charge on any atom is 0.341 e. The van der Waals surface area contributed by atoms with Gasteiger partial charge >= 0.3 is 5.97 Å². The molecule has 2 rings (SSSR count). The second-order valence-electron chi connectivity index (χ2n) is 7.84. The SMILES string of the molecule is CCC(C(=O)Nc1sc(C(=O)NCCNC(=O)CNC(=O)CN)c(C)c1C(=O)OC)c1ccc(F)cc1. The fourth-order valence-corrected chi connectivity index (χ4v) is 4.52. The van der Waals surface area contributed by atoms with Crippen LogP contribution >= 0.6 is 11.3 Å². The molecule has 0 saturated heterocycles. The van der Waals surface area contributed by atoms with Gasteiger partial charge in [0.2, 0.25) is 17.7 Å². The van der Waals surface area contributed by atoms with Gasteiger partial charge in [0.25, 0.3) is 5.91 Å². The van der Waals surface area contributed by atoms with Crippen LogP contribution in [0.4, 0.5) is 9.39 Å². The Bertz CT molecular complexity index is 1150. The van der Waals surface area contributed by atoms with Gasteiger partial charge in [-0.15, -0.1) is 11.3 Å². The van der Waals surface area contributed by atoms with E-state index in [1.807, 2.05) is 0 Å².